The molecular weight excluding hydrogens is 627 g/mol. The standard InChI is InChI=1S/C45H31N3OSi/c1-6-18-32(19-7-1)43-46-44(33-20-8-2-9-21-33)48-45(47-43)39-30-37(31-41-42(39)38-28-16-17-29-40(38)49-41)50(34-22-10-3-11-23-34,35-24-12-4-13-25-35)36-26-14-5-15-27-36/h1-31H. The van der Waals surface area contributed by atoms with Crippen molar-refractivity contribution in [1.29, 1.82) is 0 Å². The average Bonchev–Trinajstić information content (AvgIpc) is 3.58. The molecular formula is C45H31N3OSi. The highest BCUT2D eigenvalue weighted by Crippen LogP contribution is 2.36. The molecule has 2 aromatic heterocycles. The number of furan rings is 1. The largest absolute Gasteiger partial charge is 0.456 e. The van der Waals surface area contributed by atoms with Crippen molar-refractivity contribution < 1.29 is 4.42 Å². The number of fused-ring (bicyclic) bond motifs is 3. The summed E-state index contributed by atoms with van der Waals surface area (Å²) in [7, 11) is -2.92. The molecule has 0 aliphatic carbocycles. The van der Waals surface area contributed by atoms with E-state index in [1.54, 1.807) is 0 Å². The van der Waals surface area contributed by atoms with Crippen LogP contribution in [0.4, 0.5) is 0 Å². The summed E-state index contributed by atoms with van der Waals surface area (Å²) in [4.78, 5) is 15.5. The third-order valence-electron chi connectivity index (χ3n) is 9.47. The van der Waals surface area contributed by atoms with Gasteiger partial charge in [0.25, 0.3) is 0 Å². The van der Waals surface area contributed by atoms with E-state index in [2.05, 4.69) is 115 Å². The summed E-state index contributed by atoms with van der Waals surface area (Å²) < 4.78 is 6.74. The second kappa shape index (κ2) is 12.5. The van der Waals surface area contributed by atoms with Gasteiger partial charge in [-0.15, -0.1) is 0 Å². The van der Waals surface area contributed by atoms with Crippen LogP contribution in [0.3, 0.4) is 0 Å². The number of rotatable bonds is 7. The molecule has 0 aliphatic heterocycles. The van der Waals surface area contributed by atoms with Gasteiger partial charge in [0.05, 0.1) is 0 Å². The van der Waals surface area contributed by atoms with Crippen molar-refractivity contribution in [3.8, 4) is 34.2 Å². The summed E-state index contributed by atoms with van der Waals surface area (Å²) in [5.41, 5.74) is 4.41. The highest BCUT2D eigenvalue weighted by molar-refractivity contribution is 7.20. The van der Waals surface area contributed by atoms with Gasteiger partial charge in [0, 0.05) is 27.5 Å². The minimum atomic E-state index is -2.92. The molecule has 50 heavy (non-hydrogen) atoms. The number of nitrogens with zero attached hydrogens (tertiary/aromatic N) is 3. The Kier molecular flexibility index (Phi) is 7.45. The van der Waals surface area contributed by atoms with Crippen LogP contribution in [0.2, 0.25) is 0 Å². The molecule has 9 aromatic rings. The van der Waals surface area contributed by atoms with Gasteiger partial charge in [0.15, 0.2) is 25.5 Å². The van der Waals surface area contributed by atoms with Gasteiger partial charge in [-0.3, -0.25) is 0 Å². The zero-order valence-electron chi connectivity index (χ0n) is 27.1. The number of para-hydroxylation sites is 1. The monoisotopic (exact) mass is 657 g/mol. The lowest BCUT2D eigenvalue weighted by molar-refractivity contribution is 0.669. The fourth-order valence-corrected chi connectivity index (χ4v) is 12.0. The molecule has 0 N–H and O–H groups in total. The SMILES string of the molecule is c1ccc(-c2nc(-c3ccccc3)nc(-c3cc([Si](c4ccccc4)(c4ccccc4)c4ccccc4)cc4oc5ccccc5c34)n2)cc1. The zero-order valence-corrected chi connectivity index (χ0v) is 28.1. The van der Waals surface area contributed by atoms with Gasteiger partial charge in [-0.25, -0.2) is 15.0 Å². The van der Waals surface area contributed by atoms with Crippen molar-refractivity contribution in [3.05, 3.63) is 188 Å². The van der Waals surface area contributed by atoms with E-state index in [0.29, 0.717) is 17.5 Å². The Labute approximate surface area is 291 Å². The van der Waals surface area contributed by atoms with E-state index in [0.717, 1.165) is 38.6 Å². The second-order valence-corrected chi connectivity index (χ2v) is 16.2. The Morgan fingerprint density at radius 2 is 0.780 bits per heavy atom. The first kappa shape index (κ1) is 29.7. The normalized spacial score (nSPS) is 11.6. The first-order valence-electron chi connectivity index (χ1n) is 16.8. The summed E-state index contributed by atoms with van der Waals surface area (Å²) in [6.07, 6.45) is 0. The molecule has 0 bridgehead atoms. The van der Waals surface area contributed by atoms with Crippen LogP contribution in [0, 0.1) is 0 Å². The first-order chi connectivity index (χ1) is 24.8. The summed E-state index contributed by atoms with van der Waals surface area (Å²) in [5, 5.41) is 7.05. The van der Waals surface area contributed by atoms with Gasteiger partial charge in [-0.2, -0.15) is 0 Å². The van der Waals surface area contributed by atoms with Gasteiger partial charge in [-0.05, 0) is 38.9 Å². The molecule has 5 heteroatoms. The maximum Gasteiger partial charge on any atom is 0.179 e. The maximum atomic E-state index is 6.74. The summed E-state index contributed by atoms with van der Waals surface area (Å²) in [6.45, 7) is 0. The molecule has 0 fully saturated rings. The van der Waals surface area contributed by atoms with E-state index >= 15 is 0 Å². The number of aromatic nitrogens is 3. The Morgan fingerprint density at radius 1 is 0.360 bits per heavy atom. The molecule has 236 valence electrons. The van der Waals surface area contributed by atoms with Crippen LogP contribution in [0.5, 0.6) is 0 Å². The average molecular weight is 658 g/mol. The molecule has 0 unspecified atom stereocenters. The van der Waals surface area contributed by atoms with Gasteiger partial charge in [0.1, 0.15) is 11.2 Å². The Morgan fingerprint density at radius 3 is 1.28 bits per heavy atom. The van der Waals surface area contributed by atoms with Crippen LogP contribution in [0.25, 0.3) is 56.1 Å². The predicted octanol–water partition coefficient (Wildman–Crippen LogP) is 8.15. The molecule has 0 saturated carbocycles. The molecule has 2 heterocycles. The lowest BCUT2D eigenvalue weighted by atomic mass is 10.1. The smallest absolute Gasteiger partial charge is 0.179 e. The molecule has 0 amide bonds. The quantitative estimate of drug-likeness (QED) is 0.128. The van der Waals surface area contributed by atoms with Crippen molar-refractivity contribution in [2.75, 3.05) is 0 Å². The van der Waals surface area contributed by atoms with Crippen LogP contribution >= 0.6 is 0 Å². The van der Waals surface area contributed by atoms with Crippen molar-refractivity contribution >= 4 is 50.8 Å². The van der Waals surface area contributed by atoms with Crippen LogP contribution in [0.1, 0.15) is 0 Å². The molecule has 0 atom stereocenters. The van der Waals surface area contributed by atoms with Crippen molar-refractivity contribution in [2.45, 2.75) is 0 Å². The highest BCUT2D eigenvalue weighted by Gasteiger charge is 2.42. The van der Waals surface area contributed by atoms with E-state index in [4.69, 9.17) is 19.4 Å². The Hall–Kier alpha value is -6.43. The minimum Gasteiger partial charge on any atom is -0.456 e. The van der Waals surface area contributed by atoms with E-state index < -0.39 is 8.07 Å². The maximum absolute atomic E-state index is 6.74. The summed E-state index contributed by atoms with van der Waals surface area (Å²) >= 11 is 0. The number of hydrogen-bond acceptors (Lipinski definition) is 4. The van der Waals surface area contributed by atoms with Gasteiger partial charge < -0.3 is 4.42 Å². The molecule has 0 spiro atoms. The topological polar surface area (TPSA) is 51.8 Å². The van der Waals surface area contributed by atoms with E-state index in [-0.39, 0.29) is 0 Å². The Balaban J connectivity index is 1.43. The lowest BCUT2D eigenvalue weighted by Gasteiger charge is -2.34. The van der Waals surface area contributed by atoms with Gasteiger partial charge >= 0.3 is 0 Å². The number of benzene rings is 7. The van der Waals surface area contributed by atoms with Crippen molar-refractivity contribution in [1.82, 2.24) is 15.0 Å². The molecule has 4 nitrogen and oxygen atoms in total. The summed E-state index contributed by atoms with van der Waals surface area (Å²) in [5.74, 6) is 1.85. The lowest BCUT2D eigenvalue weighted by Crippen LogP contribution is -2.74. The highest BCUT2D eigenvalue weighted by atomic mass is 28.3. The molecule has 0 aliphatic rings. The van der Waals surface area contributed by atoms with Crippen LogP contribution in [0.15, 0.2) is 192 Å². The van der Waals surface area contributed by atoms with Crippen molar-refractivity contribution in [2.24, 2.45) is 0 Å². The molecule has 0 radical (unpaired) electrons. The molecule has 0 saturated heterocycles. The minimum absolute atomic E-state index is 0.605. The number of hydrogen-bond donors (Lipinski definition) is 0. The van der Waals surface area contributed by atoms with Gasteiger partial charge in [0.2, 0.25) is 0 Å². The summed E-state index contributed by atoms with van der Waals surface area (Å²) in [6, 6.07) is 65.9. The van der Waals surface area contributed by atoms with E-state index in [1.165, 1.54) is 20.7 Å². The van der Waals surface area contributed by atoms with Crippen LogP contribution < -0.4 is 20.7 Å². The second-order valence-electron chi connectivity index (χ2n) is 12.4. The zero-order chi connectivity index (χ0) is 33.3. The van der Waals surface area contributed by atoms with Gasteiger partial charge in [-0.1, -0.05) is 170 Å². The first-order valence-corrected chi connectivity index (χ1v) is 18.8. The fraction of sp³-hybridized carbons (Fsp3) is 0. The molecule has 9 rings (SSSR count). The third kappa shape index (κ3) is 5.03. The third-order valence-corrected chi connectivity index (χ3v) is 14.2. The molecule has 7 aromatic carbocycles. The van der Waals surface area contributed by atoms with Crippen LogP contribution in [-0.4, -0.2) is 23.0 Å². The van der Waals surface area contributed by atoms with Crippen LogP contribution in [-0.2, 0) is 0 Å². The fourth-order valence-electron chi connectivity index (χ4n) is 7.24. The van der Waals surface area contributed by atoms with E-state index in [9.17, 15) is 0 Å². The van der Waals surface area contributed by atoms with Crippen molar-refractivity contribution in [3.63, 3.8) is 0 Å². The van der Waals surface area contributed by atoms with E-state index in [1.807, 2.05) is 72.8 Å². The predicted molar refractivity (Wildman–Crippen MR) is 207 cm³/mol. The Bertz CT molecular complexity index is 2420.